The van der Waals surface area contributed by atoms with Crippen molar-refractivity contribution in [1.82, 2.24) is 9.88 Å². The van der Waals surface area contributed by atoms with E-state index in [9.17, 15) is 30.0 Å². The van der Waals surface area contributed by atoms with Gasteiger partial charge in [0.25, 0.3) is 5.91 Å². The maximum atomic E-state index is 14.2. The SMILES string of the molecule is C[C@@H](Cl)C1CN(C(=O)c2cc3cc(NC(=O)CN(C)C)ccc3[nH]2)c2cc(O[C@@H]3OC(CO)[C@H](O)C(O)C3O)c3ccccc3c21. The molecule has 3 heterocycles. The van der Waals surface area contributed by atoms with Crippen LogP contribution in [0, 0.1) is 0 Å². The molecule has 0 aliphatic carbocycles. The third kappa shape index (κ3) is 5.93. The van der Waals surface area contributed by atoms with Gasteiger partial charge in [0, 0.05) is 45.9 Å². The number of rotatable bonds is 8. The molecule has 0 bridgehead atoms. The number of aromatic nitrogens is 1. The number of carbonyl (C=O) groups is 2. The van der Waals surface area contributed by atoms with Crippen LogP contribution < -0.4 is 15.0 Å². The van der Waals surface area contributed by atoms with E-state index < -0.39 is 37.3 Å². The predicted molar refractivity (Wildman–Crippen MR) is 174 cm³/mol. The van der Waals surface area contributed by atoms with E-state index in [1.165, 1.54) is 0 Å². The van der Waals surface area contributed by atoms with Gasteiger partial charge in [-0.3, -0.25) is 9.59 Å². The molecule has 0 radical (unpaired) electrons. The first-order valence-corrected chi connectivity index (χ1v) is 15.5. The first-order valence-electron chi connectivity index (χ1n) is 15.0. The highest BCUT2D eigenvalue weighted by Crippen LogP contribution is 2.48. The molecule has 6 N–H and O–H groups in total. The molecule has 3 aromatic carbocycles. The summed E-state index contributed by atoms with van der Waals surface area (Å²) in [5.41, 5.74) is 3.11. The molecule has 7 atom stereocenters. The maximum Gasteiger partial charge on any atom is 0.274 e. The van der Waals surface area contributed by atoms with Crippen molar-refractivity contribution in [1.29, 1.82) is 0 Å². The zero-order valence-corrected chi connectivity index (χ0v) is 26.3. The predicted octanol–water partition coefficient (Wildman–Crippen LogP) is 2.37. The van der Waals surface area contributed by atoms with E-state index in [1.807, 2.05) is 45.3 Å². The van der Waals surface area contributed by atoms with Gasteiger partial charge in [-0.25, -0.2) is 0 Å². The summed E-state index contributed by atoms with van der Waals surface area (Å²) in [6, 6.07) is 16.2. The molecule has 1 aromatic heterocycles. The number of likely N-dealkylation sites (N-methyl/N-ethyl adjacent to an activating group) is 1. The van der Waals surface area contributed by atoms with Crippen LogP contribution >= 0.6 is 11.6 Å². The number of benzene rings is 3. The number of nitrogens with zero attached hydrogens (tertiary/aromatic N) is 2. The van der Waals surface area contributed by atoms with Crippen LogP contribution in [-0.4, -0.2) is 112 Å². The molecule has 244 valence electrons. The number of aliphatic hydroxyl groups is 4. The number of hydrogen-bond acceptors (Lipinski definition) is 9. The molecule has 1 fully saturated rings. The Bertz CT molecular complexity index is 1780. The van der Waals surface area contributed by atoms with E-state index in [2.05, 4.69) is 10.3 Å². The number of alkyl halides is 1. The standard InChI is InChI=1S/C33H37ClN4O8/c1-16(34)21-13-38(32(44)23-11-17-10-18(8-9-22(17)36-23)35-27(40)14-37(2)3)24-12-25(19-6-4-5-7-20(19)28(21)24)45-33-31(43)30(42)29(41)26(15-39)46-33/h4-12,16,21,26,29-31,33,36,39,41-43H,13-15H2,1-3H3,(H,35,40)/t16-,21?,26?,29+,30?,31?,33-/m1/s1. The molecule has 4 aromatic rings. The number of H-pyrrole nitrogens is 1. The van der Waals surface area contributed by atoms with Crippen LogP contribution in [0.1, 0.15) is 28.9 Å². The van der Waals surface area contributed by atoms with Gasteiger partial charge in [0.1, 0.15) is 35.9 Å². The van der Waals surface area contributed by atoms with Crippen molar-refractivity contribution >= 4 is 56.5 Å². The first kappa shape index (κ1) is 32.2. The second-order valence-electron chi connectivity index (χ2n) is 12.1. The zero-order chi connectivity index (χ0) is 32.9. The van der Waals surface area contributed by atoms with Gasteiger partial charge in [-0.05, 0) is 56.2 Å². The number of ether oxygens (including phenoxy) is 2. The van der Waals surface area contributed by atoms with Crippen molar-refractivity contribution in [3.8, 4) is 5.75 Å². The minimum atomic E-state index is -1.61. The Hall–Kier alpha value is -3.75. The molecular formula is C33H37ClN4O8. The number of hydrogen-bond donors (Lipinski definition) is 6. The Balaban J connectivity index is 1.37. The molecule has 1 saturated heterocycles. The molecule has 13 heteroatoms. The Kier molecular flexibility index (Phi) is 8.96. The van der Waals surface area contributed by atoms with Crippen LogP contribution in [0.3, 0.4) is 0 Å². The van der Waals surface area contributed by atoms with Gasteiger partial charge in [0.05, 0.1) is 18.8 Å². The molecule has 2 amide bonds. The fourth-order valence-electron chi connectivity index (χ4n) is 6.26. The van der Waals surface area contributed by atoms with Crippen molar-refractivity contribution < 1.29 is 39.5 Å². The summed E-state index contributed by atoms with van der Waals surface area (Å²) in [4.78, 5) is 33.0. The van der Waals surface area contributed by atoms with Crippen LogP contribution in [0.4, 0.5) is 11.4 Å². The minimum absolute atomic E-state index is 0.153. The van der Waals surface area contributed by atoms with E-state index in [-0.39, 0.29) is 35.4 Å². The normalized spacial score (nSPS) is 25.2. The molecule has 0 spiro atoms. The highest BCUT2D eigenvalue weighted by atomic mass is 35.5. The Morgan fingerprint density at radius 2 is 1.83 bits per heavy atom. The third-order valence-electron chi connectivity index (χ3n) is 8.55. The third-order valence-corrected chi connectivity index (χ3v) is 8.86. The topological polar surface area (TPSA) is 168 Å². The van der Waals surface area contributed by atoms with Crippen LogP contribution in [0.5, 0.6) is 5.75 Å². The second kappa shape index (κ2) is 12.8. The molecular weight excluding hydrogens is 616 g/mol. The van der Waals surface area contributed by atoms with E-state index in [0.29, 0.717) is 29.0 Å². The monoisotopic (exact) mass is 652 g/mol. The fraction of sp³-hybridized carbons (Fsp3) is 0.394. The molecule has 2 aliphatic heterocycles. The number of carbonyl (C=O) groups excluding carboxylic acids is 2. The lowest BCUT2D eigenvalue weighted by molar-refractivity contribution is -0.277. The molecule has 4 unspecified atom stereocenters. The highest BCUT2D eigenvalue weighted by Gasteiger charge is 2.45. The first-order chi connectivity index (χ1) is 22.0. The quantitative estimate of drug-likeness (QED) is 0.157. The van der Waals surface area contributed by atoms with Crippen molar-refractivity contribution in [3.05, 3.63) is 65.9 Å². The summed E-state index contributed by atoms with van der Waals surface area (Å²) in [6.07, 6.45) is -7.31. The lowest BCUT2D eigenvalue weighted by atomic mass is 9.92. The number of halogens is 1. The molecule has 12 nitrogen and oxygen atoms in total. The summed E-state index contributed by atoms with van der Waals surface area (Å²) >= 11 is 6.72. The summed E-state index contributed by atoms with van der Waals surface area (Å²) in [6.45, 7) is 1.82. The summed E-state index contributed by atoms with van der Waals surface area (Å²) in [5, 5.41) is 45.7. The Morgan fingerprint density at radius 3 is 2.52 bits per heavy atom. The average Bonchev–Trinajstić information content (AvgIpc) is 3.62. The largest absolute Gasteiger partial charge is 0.461 e. The van der Waals surface area contributed by atoms with Gasteiger partial charge in [0.15, 0.2) is 0 Å². The van der Waals surface area contributed by atoms with Gasteiger partial charge in [-0.15, -0.1) is 11.6 Å². The number of amides is 2. The van der Waals surface area contributed by atoms with Crippen molar-refractivity contribution in [2.75, 3.05) is 44.0 Å². The van der Waals surface area contributed by atoms with Crippen molar-refractivity contribution in [3.63, 3.8) is 0 Å². The molecule has 6 rings (SSSR count). The highest BCUT2D eigenvalue weighted by molar-refractivity contribution is 6.22. The minimum Gasteiger partial charge on any atom is -0.461 e. The van der Waals surface area contributed by atoms with Gasteiger partial charge >= 0.3 is 0 Å². The molecule has 2 aliphatic rings. The van der Waals surface area contributed by atoms with Gasteiger partial charge in [-0.1, -0.05) is 24.3 Å². The van der Waals surface area contributed by atoms with Crippen LogP contribution in [0.2, 0.25) is 0 Å². The van der Waals surface area contributed by atoms with E-state index in [1.54, 1.807) is 40.1 Å². The van der Waals surface area contributed by atoms with E-state index in [0.717, 1.165) is 21.9 Å². The van der Waals surface area contributed by atoms with Gasteiger partial charge in [-0.2, -0.15) is 0 Å². The molecule has 0 saturated carbocycles. The number of aromatic amines is 1. The number of nitrogens with one attached hydrogen (secondary N) is 2. The Labute approximate surface area is 270 Å². The fourth-order valence-corrected chi connectivity index (χ4v) is 6.47. The summed E-state index contributed by atoms with van der Waals surface area (Å²) < 4.78 is 11.8. The lowest BCUT2D eigenvalue weighted by Crippen LogP contribution is -2.60. The number of anilines is 2. The lowest BCUT2D eigenvalue weighted by Gasteiger charge is -2.39. The summed E-state index contributed by atoms with van der Waals surface area (Å²) in [7, 11) is 3.62. The number of fused-ring (bicyclic) bond motifs is 4. The summed E-state index contributed by atoms with van der Waals surface area (Å²) in [5.74, 6) is -0.395. The Morgan fingerprint density at radius 1 is 1.09 bits per heavy atom. The van der Waals surface area contributed by atoms with Crippen molar-refractivity contribution in [2.24, 2.45) is 0 Å². The van der Waals surface area contributed by atoms with Crippen LogP contribution in [0.25, 0.3) is 21.7 Å². The number of aliphatic hydroxyl groups excluding tert-OH is 4. The smallest absolute Gasteiger partial charge is 0.274 e. The van der Waals surface area contributed by atoms with Crippen molar-refractivity contribution in [2.45, 2.75) is 48.9 Å². The second-order valence-corrected chi connectivity index (χ2v) is 12.8. The van der Waals surface area contributed by atoms with Gasteiger partial charge in [0.2, 0.25) is 12.2 Å². The molecule has 46 heavy (non-hydrogen) atoms. The van der Waals surface area contributed by atoms with Crippen LogP contribution in [0.15, 0.2) is 54.6 Å². The van der Waals surface area contributed by atoms with E-state index >= 15 is 0 Å². The van der Waals surface area contributed by atoms with Crippen LogP contribution in [-0.2, 0) is 9.53 Å². The van der Waals surface area contributed by atoms with Gasteiger partial charge < -0.3 is 50.0 Å². The van der Waals surface area contributed by atoms with E-state index in [4.69, 9.17) is 21.1 Å². The maximum absolute atomic E-state index is 14.2. The zero-order valence-electron chi connectivity index (χ0n) is 25.6. The average molecular weight is 653 g/mol.